The Labute approximate surface area is 167 Å². The number of anilines is 1. The average molecular weight is 411 g/mol. The van der Waals surface area contributed by atoms with Gasteiger partial charge in [0.25, 0.3) is 0 Å². The third kappa shape index (κ3) is 4.98. The molecule has 5 N–H and O–H groups in total. The fourth-order valence-electron chi connectivity index (χ4n) is 2.58. The highest BCUT2D eigenvalue weighted by Crippen LogP contribution is 2.31. The topological polar surface area (TPSA) is 143 Å². The number of nitrogens with zero attached hydrogens (tertiary/aromatic N) is 1. The predicted molar refractivity (Wildman–Crippen MR) is 108 cm³/mol. The number of nitrogens with one attached hydrogen (secondary N) is 1. The summed E-state index contributed by atoms with van der Waals surface area (Å²) in [4.78, 5) is 16.5. The van der Waals surface area contributed by atoms with Gasteiger partial charge in [0.15, 0.2) is 11.5 Å². The lowest BCUT2D eigenvalue weighted by atomic mass is 9.98. The van der Waals surface area contributed by atoms with Crippen LogP contribution in [0.2, 0.25) is 0 Å². The van der Waals surface area contributed by atoms with Crippen LogP contribution in [-0.2, 0) is 14.8 Å². The lowest BCUT2D eigenvalue weighted by molar-refractivity contribution is -0.111. The molecule has 0 unspecified atom stereocenters. The number of carbonyl (C=O) groups is 1. The van der Waals surface area contributed by atoms with Crippen LogP contribution in [0.4, 0.5) is 5.69 Å². The Morgan fingerprint density at radius 3 is 2.31 bits per heavy atom. The number of rotatable bonds is 5. The number of aromatic hydroxyl groups is 2. The van der Waals surface area contributed by atoms with Gasteiger partial charge in [-0.3, -0.25) is 9.78 Å². The molecule has 29 heavy (non-hydrogen) atoms. The minimum Gasteiger partial charge on any atom is -0.504 e. The van der Waals surface area contributed by atoms with E-state index < -0.39 is 15.9 Å². The number of benzene rings is 2. The third-order valence-corrected chi connectivity index (χ3v) is 4.91. The van der Waals surface area contributed by atoms with E-state index in [1.54, 1.807) is 30.6 Å². The first kappa shape index (κ1) is 20.1. The predicted octanol–water partition coefficient (Wildman–Crippen LogP) is 2.21. The van der Waals surface area contributed by atoms with Crippen LogP contribution in [-0.4, -0.2) is 29.5 Å². The van der Waals surface area contributed by atoms with E-state index in [1.165, 1.54) is 42.5 Å². The summed E-state index contributed by atoms with van der Waals surface area (Å²) in [6, 6.07) is 13.1. The van der Waals surface area contributed by atoms with Crippen molar-refractivity contribution in [1.29, 1.82) is 0 Å². The molecule has 0 saturated carbocycles. The zero-order chi connectivity index (χ0) is 21.0. The number of phenolic OH excluding ortho intramolecular Hbond substituents is 2. The first-order valence-corrected chi connectivity index (χ1v) is 9.87. The van der Waals surface area contributed by atoms with Gasteiger partial charge in [-0.05, 0) is 53.6 Å². The molecule has 2 aromatic carbocycles. The lowest BCUT2D eigenvalue weighted by Crippen LogP contribution is -2.13. The Balaban J connectivity index is 1.93. The summed E-state index contributed by atoms with van der Waals surface area (Å²) in [6.45, 7) is 0. The zero-order valence-electron chi connectivity index (χ0n) is 15.0. The third-order valence-electron chi connectivity index (χ3n) is 3.98. The fraction of sp³-hybridized carbons (Fsp3) is 0. The summed E-state index contributed by atoms with van der Waals surface area (Å²) in [5.41, 5.74) is 1.95. The minimum atomic E-state index is -3.82. The van der Waals surface area contributed by atoms with Gasteiger partial charge >= 0.3 is 0 Å². The summed E-state index contributed by atoms with van der Waals surface area (Å²) in [5.74, 6) is -1.09. The highest BCUT2D eigenvalue weighted by atomic mass is 32.2. The van der Waals surface area contributed by atoms with Gasteiger partial charge in [-0.1, -0.05) is 12.1 Å². The van der Waals surface area contributed by atoms with Gasteiger partial charge in [-0.2, -0.15) is 0 Å². The Kier molecular flexibility index (Phi) is 5.62. The van der Waals surface area contributed by atoms with Crippen molar-refractivity contribution in [1.82, 2.24) is 4.98 Å². The van der Waals surface area contributed by atoms with E-state index in [0.29, 0.717) is 22.4 Å². The van der Waals surface area contributed by atoms with Crippen molar-refractivity contribution in [3.63, 3.8) is 0 Å². The molecule has 0 aliphatic carbocycles. The number of nitrogens with two attached hydrogens (primary N) is 1. The Morgan fingerprint density at radius 1 is 1.00 bits per heavy atom. The van der Waals surface area contributed by atoms with Crippen molar-refractivity contribution < 1.29 is 23.4 Å². The van der Waals surface area contributed by atoms with Gasteiger partial charge in [-0.25, -0.2) is 13.6 Å². The number of hydrogen-bond acceptors (Lipinski definition) is 6. The molecule has 1 heterocycles. The van der Waals surface area contributed by atoms with Crippen molar-refractivity contribution >= 4 is 27.2 Å². The van der Waals surface area contributed by atoms with Gasteiger partial charge < -0.3 is 15.5 Å². The molecule has 3 aromatic rings. The highest BCUT2D eigenvalue weighted by Gasteiger charge is 2.12. The quantitative estimate of drug-likeness (QED) is 0.374. The number of amides is 1. The van der Waals surface area contributed by atoms with Crippen LogP contribution < -0.4 is 10.5 Å². The van der Waals surface area contributed by atoms with E-state index >= 15 is 0 Å². The van der Waals surface area contributed by atoms with Gasteiger partial charge in [0, 0.05) is 29.7 Å². The van der Waals surface area contributed by atoms with Crippen LogP contribution in [0.1, 0.15) is 11.1 Å². The lowest BCUT2D eigenvalue weighted by Gasteiger charge is -2.10. The summed E-state index contributed by atoms with van der Waals surface area (Å²) in [5, 5.41) is 27.0. The van der Waals surface area contributed by atoms with Crippen LogP contribution in [0.25, 0.3) is 5.57 Å². The first-order valence-electron chi connectivity index (χ1n) is 8.32. The van der Waals surface area contributed by atoms with Crippen molar-refractivity contribution in [2.75, 3.05) is 5.32 Å². The molecule has 3 rings (SSSR count). The second kappa shape index (κ2) is 8.13. The van der Waals surface area contributed by atoms with E-state index in [0.717, 1.165) is 0 Å². The number of aromatic nitrogens is 1. The number of pyridine rings is 1. The Hall–Kier alpha value is -3.69. The molecular formula is C20H17N3O5S. The van der Waals surface area contributed by atoms with E-state index in [-0.39, 0.29) is 16.4 Å². The summed E-state index contributed by atoms with van der Waals surface area (Å²) < 4.78 is 22.6. The van der Waals surface area contributed by atoms with E-state index in [9.17, 15) is 23.4 Å². The second-order valence-corrected chi connectivity index (χ2v) is 7.62. The molecule has 0 radical (unpaired) electrons. The molecule has 0 saturated heterocycles. The van der Waals surface area contributed by atoms with Gasteiger partial charge in [-0.15, -0.1) is 0 Å². The number of phenols is 2. The molecule has 148 valence electrons. The molecule has 0 aliphatic heterocycles. The maximum Gasteiger partial charge on any atom is 0.249 e. The average Bonchev–Trinajstić information content (AvgIpc) is 2.69. The SMILES string of the molecule is NS(=O)(=O)c1ccc(NC(=O)/C=C(/c2cccnc2)c2ccc(O)c(O)c2)cc1. The monoisotopic (exact) mass is 411 g/mol. The van der Waals surface area contributed by atoms with Crippen molar-refractivity contribution in [2.45, 2.75) is 4.90 Å². The molecule has 0 aliphatic rings. The highest BCUT2D eigenvalue weighted by molar-refractivity contribution is 7.89. The molecule has 0 atom stereocenters. The van der Waals surface area contributed by atoms with Crippen LogP contribution in [0.3, 0.4) is 0 Å². The van der Waals surface area contributed by atoms with Crippen molar-refractivity contribution in [3.05, 3.63) is 84.2 Å². The maximum absolute atomic E-state index is 12.5. The molecule has 9 heteroatoms. The molecule has 0 spiro atoms. The summed E-state index contributed by atoms with van der Waals surface area (Å²) >= 11 is 0. The zero-order valence-corrected chi connectivity index (χ0v) is 15.8. The standard InChI is InChI=1S/C20H17N3O5S/c21-29(27,28)16-6-4-15(5-7-16)23-20(26)11-17(14-2-1-9-22-12-14)13-3-8-18(24)19(25)10-13/h1-12,24-25H,(H,23,26)(H2,21,27,28)/b17-11+. The van der Waals surface area contributed by atoms with E-state index in [1.807, 2.05) is 0 Å². The largest absolute Gasteiger partial charge is 0.504 e. The van der Waals surface area contributed by atoms with E-state index in [4.69, 9.17) is 5.14 Å². The Bertz CT molecular complexity index is 1170. The Morgan fingerprint density at radius 2 is 1.72 bits per heavy atom. The second-order valence-electron chi connectivity index (χ2n) is 6.06. The van der Waals surface area contributed by atoms with Gasteiger partial charge in [0.1, 0.15) is 0 Å². The number of hydrogen-bond donors (Lipinski definition) is 4. The van der Waals surface area contributed by atoms with Crippen LogP contribution >= 0.6 is 0 Å². The fourth-order valence-corrected chi connectivity index (χ4v) is 3.10. The molecule has 1 amide bonds. The normalized spacial score (nSPS) is 11.8. The minimum absolute atomic E-state index is 0.0679. The molecule has 0 fully saturated rings. The molecule has 1 aromatic heterocycles. The number of sulfonamides is 1. The van der Waals surface area contributed by atoms with Crippen molar-refractivity contribution in [2.24, 2.45) is 5.14 Å². The number of carbonyl (C=O) groups excluding carboxylic acids is 1. The van der Waals surface area contributed by atoms with Crippen LogP contribution in [0.15, 0.2) is 78.0 Å². The molecule has 0 bridgehead atoms. The van der Waals surface area contributed by atoms with Gasteiger partial charge in [0.05, 0.1) is 4.90 Å². The van der Waals surface area contributed by atoms with Crippen LogP contribution in [0.5, 0.6) is 11.5 Å². The molecule has 8 nitrogen and oxygen atoms in total. The maximum atomic E-state index is 12.5. The molecular weight excluding hydrogens is 394 g/mol. The first-order chi connectivity index (χ1) is 13.7. The summed E-state index contributed by atoms with van der Waals surface area (Å²) in [7, 11) is -3.82. The summed E-state index contributed by atoms with van der Waals surface area (Å²) in [6.07, 6.45) is 4.46. The number of primary sulfonamides is 1. The van der Waals surface area contributed by atoms with E-state index in [2.05, 4.69) is 10.3 Å². The van der Waals surface area contributed by atoms with Gasteiger partial charge in [0.2, 0.25) is 15.9 Å². The van der Waals surface area contributed by atoms with Crippen molar-refractivity contribution in [3.8, 4) is 11.5 Å². The smallest absolute Gasteiger partial charge is 0.249 e. The van der Waals surface area contributed by atoms with Crippen LogP contribution in [0, 0.1) is 0 Å².